The lowest BCUT2D eigenvalue weighted by atomic mass is 10.2. The summed E-state index contributed by atoms with van der Waals surface area (Å²) in [6.07, 6.45) is 0.938. The summed E-state index contributed by atoms with van der Waals surface area (Å²) in [4.78, 5) is 6.72. The molecule has 0 amide bonds. The van der Waals surface area contributed by atoms with Crippen LogP contribution >= 0.6 is 36.2 Å². The first kappa shape index (κ1) is 22.5. The molecule has 3 rings (SSSR count). The molecule has 0 saturated carbocycles. The number of para-hydroxylation sites is 1. The molecule has 0 fully saturated rings. The first-order valence-electron chi connectivity index (χ1n) is 8.16. The maximum absolute atomic E-state index is 5.85. The van der Waals surface area contributed by atoms with Crippen molar-refractivity contribution in [2.45, 2.75) is 13.0 Å². The van der Waals surface area contributed by atoms with Crippen LogP contribution in [-0.2, 0) is 6.54 Å². The minimum absolute atomic E-state index is 0. The van der Waals surface area contributed by atoms with E-state index in [1.54, 1.807) is 11.3 Å². The van der Waals surface area contributed by atoms with Gasteiger partial charge in [-0.2, -0.15) is 0 Å². The molecular weight excluding hydrogens is 389 g/mol. The molecule has 0 aliphatic heterocycles. The van der Waals surface area contributed by atoms with Crippen LogP contribution in [-0.4, -0.2) is 37.1 Å². The van der Waals surface area contributed by atoms with Crippen LogP contribution in [0.25, 0.3) is 10.2 Å². The molecule has 7 heteroatoms. The Morgan fingerprint density at radius 1 is 1.08 bits per heavy atom. The van der Waals surface area contributed by atoms with E-state index >= 15 is 0 Å². The molecule has 2 aromatic carbocycles. The van der Waals surface area contributed by atoms with E-state index in [1.807, 2.05) is 30.3 Å². The zero-order valence-electron chi connectivity index (χ0n) is 15.0. The molecule has 3 aromatic rings. The van der Waals surface area contributed by atoms with E-state index in [1.165, 1.54) is 10.3 Å². The van der Waals surface area contributed by atoms with Crippen molar-refractivity contribution in [3.05, 3.63) is 54.1 Å². The summed E-state index contributed by atoms with van der Waals surface area (Å²) in [6, 6.07) is 16.5. The van der Waals surface area contributed by atoms with Crippen LogP contribution in [0.5, 0.6) is 5.75 Å². The summed E-state index contributed by atoms with van der Waals surface area (Å²) in [5.74, 6) is 0.939. The quantitative estimate of drug-likeness (QED) is 0.522. The van der Waals surface area contributed by atoms with Gasteiger partial charge in [0.25, 0.3) is 0 Å². The number of ether oxygens (including phenoxy) is 1. The topological polar surface area (TPSA) is 37.4 Å². The number of hydrogen-bond donors (Lipinski definition) is 1. The zero-order chi connectivity index (χ0) is 16.8. The smallest absolute Gasteiger partial charge is 0.183 e. The lowest BCUT2D eigenvalue weighted by molar-refractivity contribution is 0.314. The second-order valence-electron chi connectivity index (χ2n) is 6.00. The van der Waals surface area contributed by atoms with Crippen LogP contribution in [0.2, 0.25) is 0 Å². The Morgan fingerprint density at radius 3 is 2.65 bits per heavy atom. The number of nitrogens with zero attached hydrogens (tertiary/aromatic N) is 2. The highest BCUT2D eigenvalue weighted by molar-refractivity contribution is 7.22. The number of halogens is 2. The molecule has 0 bridgehead atoms. The first-order valence-corrected chi connectivity index (χ1v) is 8.98. The standard InChI is InChI=1S/C19H23N3OS.2ClH/c1-22(2)14-15-7-5-8-16(13-15)23-12-6-11-20-19-21-17-9-3-4-10-18(17)24-19;;/h3-5,7-10,13H,6,11-12,14H2,1-2H3,(H,20,21);2*1H. The van der Waals surface area contributed by atoms with Gasteiger partial charge in [0.2, 0.25) is 0 Å². The highest BCUT2D eigenvalue weighted by atomic mass is 35.5. The number of hydrogen-bond acceptors (Lipinski definition) is 5. The van der Waals surface area contributed by atoms with Crippen molar-refractivity contribution in [1.29, 1.82) is 0 Å². The lowest BCUT2D eigenvalue weighted by Crippen LogP contribution is -2.11. The van der Waals surface area contributed by atoms with Crippen LogP contribution in [0, 0.1) is 0 Å². The zero-order valence-corrected chi connectivity index (χ0v) is 17.4. The Morgan fingerprint density at radius 2 is 1.88 bits per heavy atom. The third-order valence-corrected chi connectivity index (χ3v) is 4.55. The lowest BCUT2D eigenvalue weighted by Gasteiger charge is -2.11. The van der Waals surface area contributed by atoms with E-state index in [0.29, 0.717) is 6.61 Å². The van der Waals surface area contributed by atoms with Gasteiger partial charge in [-0.25, -0.2) is 4.98 Å². The number of thiazole rings is 1. The third kappa shape index (κ3) is 6.65. The van der Waals surface area contributed by atoms with Gasteiger partial charge in [0.1, 0.15) is 5.75 Å². The van der Waals surface area contributed by atoms with Crippen LogP contribution in [0.4, 0.5) is 5.13 Å². The van der Waals surface area contributed by atoms with Gasteiger partial charge in [0, 0.05) is 13.1 Å². The van der Waals surface area contributed by atoms with Crippen molar-refractivity contribution < 1.29 is 4.74 Å². The molecule has 0 atom stereocenters. The molecule has 1 N–H and O–H groups in total. The van der Waals surface area contributed by atoms with Gasteiger partial charge in [-0.1, -0.05) is 35.6 Å². The number of fused-ring (bicyclic) bond motifs is 1. The largest absolute Gasteiger partial charge is 0.494 e. The van der Waals surface area contributed by atoms with Gasteiger partial charge in [-0.15, -0.1) is 24.8 Å². The molecular formula is C19H25Cl2N3OS. The Hall–Kier alpha value is -1.53. The van der Waals surface area contributed by atoms with E-state index in [9.17, 15) is 0 Å². The molecule has 4 nitrogen and oxygen atoms in total. The van der Waals surface area contributed by atoms with Gasteiger partial charge >= 0.3 is 0 Å². The molecule has 0 saturated heterocycles. The fraction of sp³-hybridized carbons (Fsp3) is 0.316. The van der Waals surface area contributed by atoms with Crippen molar-refractivity contribution in [2.75, 3.05) is 32.6 Å². The van der Waals surface area contributed by atoms with Crippen LogP contribution in [0.1, 0.15) is 12.0 Å². The minimum Gasteiger partial charge on any atom is -0.494 e. The first-order chi connectivity index (χ1) is 11.7. The Bertz CT molecular complexity index is 762. The van der Waals surface area contributed by atoms with Gasteiger partial charge < -0.3 is 15.0 Å². The van der Waals surface area contributed by atoms with Crippen LogP contribution in [0.15, 0.2) is 48.5 Å². The summed E-state index contributed by atoms with van der Waals surface area (Å²) in [5, 5.41) is 4.35. The SMILES string of the molecule is CN(C)Cc1cccc(OCCCNc2nc3ccccc3s2)c1.Cl.Cl. The second-order valence-corrected chi connectivity index (χ2v) is 7.03. The van der Waals surface area contributed by atoms with E-state index in [-0.39, 0.29) is 24.8 Å². The van der Waals surface area contributed by atoms with Crippen molar-refractivity contribution in [2.24, 2.45) is 0 Å². The van der Waals surface area contributed by atoms with Crippen molar-refractivity contribution >= 4 is 51.5 Å². The Kier molecular flexibility index (Phi) is 9.73. The summed E-state index contributed by atoms with van der Waals surface area (Å²) >= 11 is 1.69. The van der Waals surface area contributed by atoms with Crippen LogP contribution < -0.4 is 10.1 Å². The molecule has 1 aromatic heterocycles. The summed E-state index contributed by atoms with van der Waals surface area (Å²) in [5.41, 5.74) is 2.32. The Labute approximate surface area is 171 Å². The summed E-state index contributed by atoms with van der Waals surface area (Å²) < 4.78 is 7.07. The van der Waals surface area contributed by atoms with Crippen molar-refractivity contribution in [3.8, 4) is 5.75 Å². The average Bonchev–Trinajstić information content (AvgIpc) is 2.97. The summed E-state index contributed by atoms with van der Waals surface area (Å²) in [7, 11) is 4.14. The van der Waals surface area contributed by atoms with E-state index in [4.69, 9.17) is 4.74 Å². The highest BCUT2D eigenvalue weighted by Gasteiger charge is 2.02. The fourth-order valence-corrected chi connectivity index (χ4v) is 3.40. The van der Waals surface area contributed by atoms with Gasteiger partial charge in [0.15, 0.2) is 5.13 Å². The third-order valence-electron chi connectivity index (χ3n) is 3.56. The molecule has 1 heterocycles. The van der Waals surface area contributed by atoms with E-state index in [0.717, 1.165) is 35.9 Å². The maximum Gasteiger partial charge on any atom is 0.183 e. The number of nitrogens with one attached hydrogen (secondary N) is 1. The highest BCUT2D eigenvalue weighted by Crippen LogP contribution is 2.25. The second kappa shape index (κ2) is 11.2. The fourth-order valence-electron chi connectivity index (χ4n) is 2.50. The molecule has 26 heavy (non-hydrogen) atoms. The Balaban J connectivity index is 0.00000169. The van der Waals surface area contributed by atoms with Crippen molar-refractivity contribution in [1.82, 2.24) is 9.88 Å². The monoisotopic (exact) mass is 413 g/mol. The summed E-state index contributed by atoms with van der Waals surface area (Å²) in [6.45, 7) is 2.48. The maximum atomic E-state index is 5.85. The van der Waals surface area contributed by atoms with Gasteiger partial charge in [-0.3, -0.25) is 0 Å². The van der Waals surface area contributed by atoms with Gasteiger partial charge in [-0.05, 0) is 50.3 Å². The molecule has 0 aliphatic carbocycles. The van der Waals surface area contributed by atoms with E-state index in [2.05, 4.69) is 47.5 Å². The predicted molar refractivity (Wildman–Crippen MR) is 117 cm³/mol. The number of rotatable bonds is 8. The van der Waals surface area contributed by atoms with Crippen LogP contribution in [0.3, 0.4) is 0 Å². The molecule has 0 aliphatic rings. The number of anilines is 1. The van der Waals surface area contributed by atoms with E-state index < -0.39 is 0 Å². The molecule has 0 unspecified atom stereocenters. The number of benzene rings is 2. The minimum atomic E-state index is 0. The molecule has 0 spiro atoms. The van der Waals surface area contributed by atoms with Gasteiger partial charge in [0.05, 0.1) is 16.8 Å². The molecule has 0 radical (unpaired) electrons. The molecule has 142 valence electrons. The average molecular weight is 414 g/mol. The predicted octanol–water partition coefficient (Wildman–Crippen LogP) is 5.08. The van der Waals surface area contributed by atoms with Crippen molar-refractivity contribution in [3.63, 3.8) is 0 Å². The number of aromatic nitrogens is 1. The normalized spacial score (nSPS) is 10.3.